The average molecular weight is 241 g/mol. The number of rotatable bonds is 3. The molecule has 0 amide bonds. The van der Waals surface area contributed by atoms with Crippen LogP contribution in [0.2, 0.25) is 0 Å². The lowest BCUT2D eigenvalue weighted by Gasteiger charge is -2.06. The van der Waals surface area contributed by atoms with Gasteiger partial charge in [-0.05, 0) is 13.5 Å². The molecule has 0 aliphatic carbocycles. The van der Waals surface area contributed by atoms with Crippen molar-refractivity contribution in [2.24, 2.45) is 0 Å². The molecule has 1 atom stereocenters. The van der Waals surface area contributed by atoms with Crippen molar-refractivity contribution >= 4 is 0 Å². The Balaban J connectivity index is 0. The Labute approximate surface area is 97.7 Å². The molecule has 100 valence electrons. The lowest BCUT2D eigenvalue weighted by atomic mass is 10.3. The molecule has 1 saturated heterocycles. The van der Waals surface area contributed by atoms with Crippen LogP contribution in [-0.4, -0.2) is 58.4 Å². The summed E-state index contributed by atoms with van der Waals surface area (Å²) in [5.74, 6) is 0. The largest absolute Gasteiger partial charge is 0.380 e. The quantitative estimate of drug-likeness (QED) is 0.756. The molecule has 0 bridgehead atoms. The van der Waals surface area contributed by atoms with Crippen LogP contribution in [0.25, 0.3) is 0 Å². The van der Waals surface area contributed by atoms with E-state index in [1.54, 1.807) is 7.11 Å². The van der Waals surface area contributed by atoms with Gasteiger partial charge in [0.05, 0.1) is 6.10 Å². The fourth-order valence-corrected chi connectivity index (χ4v) is 1.21. The number of methoxy groups -OCH3 is 2. The van der Waals surface area contributed by atoms with Crippen LogP contribution in [0.1, 0.15) is 20.3 Å². The monoisotopic (exact) mass is 241 g/mol. The van der Waals surface area contributed by atoms with Crippen molar-refractivity contribution < 1.29 is 18.3 Å². The second kappa shape index (κ2) is 12.8. The number of alkyl halides is 2. The molecule has 0 radical (unpaired) electrons. The summed E-state index contributed by atoms with van der Waals surface area (Å²) in [5, 5.41) is 0. The Kier molecular flexibility index (Phi) is 14.5. The van der Waals surface area contributed by atoms with Crippen LogP contribution in [0.15, 0.2) is 0 Å². The highest BCUT2D eigenvalue weighted by Gasteiger charge is 2.17. The molecule has 0 aromatic rings. The molecule has 0 saturated carbocycles. The van der Waals surface area contributed by atoms with Gasteiger partial charge >= 0.3 is 0 Å². The SMILES string of the molecule is CC.COCC(F)F.CO[C@H]1CCN(C)C1. The van der Waals surface area contributed by atoms with Gasteiger partial charge in [0.25, 0.3) is 6.43 Å². The minimum atomic E-state index is -2.32. The topological polar surface area (TPSA) is 21.7 Å². The molecule has 0 aromatic heterocycles. The van der Waals surface area contributed by atoms with Crippen molar-refractivity contribution in [3.05, 3.63) is 0 Å². The van der Waals surface area contributed by atoms with Crippen molar-refractivity contribution in [3.8, 4) is 0 Å². The van der Waals surface area contributed by atoms with E-state index in [-0.39, 0.29) is 0 Å². The van der Waals surface area contributed by atoms with Crippen molar-refractivity contribution in [1.82, 2.24) is 4.90 Å². The summed E-state index contributed by atoms with van der Waals surface area (Å²) in [4.78, 5) is 2.29. The van der Waals surface area contributed by atoms with E-state index >= 15 is 0 Å². The standard InChI is InChI=1S/C6H13NO.C3H6F2O.C2H6/c1-7-4-3-6(5-7)8-2;1-6-2-3(4)5;1-2/h6H,3-5H2,1-2H3;3H,2H2,1H3;1-2H3/t6-;;/m0../s1. The summed E-state index contributed by atoms with van der Waals surface area (Å²) in [6.45, 7) is 5.84. The molecule has 16 heavy (non-hydrogen) atoms. The lowest BCUT2D eigenvalue weighted by molar-refractivity contribution is 0.0425. The first-order chi connectivity index (χ1) is 7.60. The molecule has 1 fully saturated rings. The molecular weight excluding hydrogens is 216 g/mol. The molecular formula is C11H25F2NO2. The Bertz CT molecular complexity index is 137. The molecule has 0 spiro atoms. The van der Waals surface area contributed by atoms with Crippen molar-refractivity contribution in [3.63, 3.8) is 0 Å². The average Bonchev–Trinajstić information content (AvgIpc) is 2.68. The third-order valence-electron chi connectivity index (χ3n) is 1.97. The number of halogens is 2. The molecule has 0 aromatic carbocycles. The molecule has 1 aliphatic rings. The maximum atomic E-state index is 10.9. The highest BCUT2D eigenvalue weighted by atomic mass is 19.3. The Morgan fingerprint density at radius 1 is 1.31 bits per heavy atom. The number of hydrogen-bond acceptors (Lipinski definition) is 3. The summed E-state index contributed by atoms with van der Waals surface area (Å²) in [6, 6.07) is 0. The van der Waals surface area contributed by atoms with Gasteiger partial charge in [0, 0.05) is 27.3 Å². The maximum absolute atomic E-state index is 10.9. The van der Waals surface area contributed by atoms with Gasteiger partial charge in [-0.1, -0.05) is 13.8 Å². The van der Waals surface area contributed by atoms with Gasteiger partial charge in [-0.2, -0.15) is 0 Å². The van der Waals surface area contributed by atoms with Gasteiger partial charge in [-0.3, -0.25) is 0 Å². The van der Waals surface area contributed by atoms with E-state index in [0.29, 0.717) is 6.10 Å². The minimum Gasteiger partial charge on any atom is -0.380 e. The van der Waals surface area contributed by atoms with Gasteiger partial charge in [0.15, 0.2) is 0 Å². The number of hydrogen-bond donors (Lipinski definition) is 0. The van der Waals surface area contributed by atoms with Crippen molar-refractivity contribution in [2.45, 2.75) is 32.8 Å². The molecule has 5 heteroatoms. The van der Waals surface area contributed by atoms with E-state index in [1.807, 2.05) is 13.8 Å². The number of likely N-dealkylation sites (N-methyl/N-ethyl adjacent to an activating group) is 1. The van der Waals surface area contributed by atoms with E-state index in [2.05, 4.69) is 16.7 Å². The summed E-state index contributed by atoms with van der Waals surface area (Å²) < 4.78 is 31.0. The molecule has 0 unspecified atom stereocenters. The first-order valence-electron chi connectivity index (χ1n) is 5.58. The van der Waals surface area contributed by atoms with Crippen LogP contribution in [0.4, 0.5) is 8.78 Å². The predicted octanol–water partition coefficient (Wildman–Crippen LogP) is 2.26. The Hall–Kier alpha value is -0.260. The first kappa shape index (κ1) is 18.1. The highest BCUT2D eigenvalue weighted by molar-refractivity contribution is 4.71. The second-order valence-corrected chi connectivity index (χ2v) is 3.26. The third-order valence-corrected chi connectivity index (χ3v) is 1.97. The fraction of sp³-hybridized carbons (Fsp3) is 1.00. The van der Waals surface area contributed by atoms with Crippen LogP contribution in [0.5, 0.6) is 0 Å². The van der Waals surface area contributed by atoms with E-state index < -0.39 is 13.0 Å². The van der Waals surface area contributed by atoms with Crippen LogP contribution < -0.4 is 0 Å². The predicted molar refractivity (Wildman–Crippen MR) is 62.1 cm³/mol. The second-order valence-electron chi connectivity index (χ2n) is 3.26. The zero-order valence-electron chi connectivity index (χ0n) is 11.0. The zero-order valence-corrected chi connectivity index (χ0v) is 11.0. The van der Waals surface area contributed by atoms with Crippen molar-refractivity contribution in [1.29, 1.82) is 0 Å². The zero-order chi connectivity index (χ0) is 13.0. The van der Waals surface area contributed by atoms with Gasteiger partial charge in [-0.15, -0.1) is 0 Å². The normalized spacial score (nSPS) is 19.9. The van der Waals surface area contributed by atoms with Gasteiger partial charge in [0.1, 0.15) is 6.61 Å². The Morgan fingerprint density at radius 2 is 1.88 bits per heavy atom. The Morgan fingerprint density at radius 3 is 2.00 bits per heavy atom. The summed E-state index contributed by atoms with van der Waals surface area (Å²) in [5.41, 5.74) is 0. The fourth-order valence-electron chi connectivity index (χ4n) is 1.21. The molecule has 1 aliphatic heterocycles. The molecule has 1 heterocycles. The van der Waals surface area contributed by atoms with Crippen LogP contribution >= 0.6 is 0 Å². The van der Waals surface area contributed by atoms with Gasteiger partial charge in [-0.25, -0.2) is 8.78 Å². The summed E-state index contributed by atoms with van der Waals surface area (Å²) in [7, 11) is 5.15. The van der Waals surface area contributed by atoms with Gasteiger partial charge in [0.2, 0.25) is 0 Å². The highest BCUT2D eigenvalue weighted by Crippen LogP contribution is 2.07. The number of likely N-dealkylation sites (tertiary alicyclic amines) is 1. The third kappa shape index (κ3) is 11.8. The lowest BCUT2D eigenvalue weighted by Crippen LogP contribution is -2.17. The molecule has 0 N–H and O–H groups in total. The smallest absolute Gasteiger partial charge is 0.261 e. The van der Waals surface area contributed by atoms with E-state index in [4.69, 9.17) is 4.74 Å². The summed E-state index contributed by atoms with van der Waals surface area (Å²) in [6.07, 6.45) is -0.623. The maximum Gasteiger partial charge on any atom is 0.261 e. The van der Waals surface area contributed by atoms with Crippen LogP contribution in [0.3, 0.4) is 0 Å². The van der Waals surface area contributed by atoms with Crippen molar-refractivity contribution in [2.75, 3.05) is 41.0 Å². The number of ether oxygens (including phenoxy) is 2. The van der Waals surface area contributed by atoms with Crippen LogP contribution in [0, 0.1) is 0 Å². The summed E-state index contributed by atoms with van der Waals surface area (Å²) >= 11 is 0. The van der Waals surface area contributed by atoms with E-state index in [9.17, 15) is 8.78 Å². The minimum absolute atomic E-state index is 0.458. The van der Waals surface area contributed by atoms with E-state index in [1.165, 1.54) is 20.1 Å². The molecule has 3 nitrogen and oxygen atoms in total. The van der Waals surface area contributed by atoms with Gasteiger partial charge < -0.3 is 14.4 Å². The molecule has 1 rings (SSSR count). The van der Waals surface area contributed by atoms with Crippen LogP contribution in [-0.2, 0) is 9.47 Å². The number of nitrogens with zero attached hydrogens (tertiary/aromatic N) is 1. The first-order valence-corrected chi connectivity index (χ1v) is 5.58. The van der Waals surface area contributed by atoms with E-state index in [0.717, 1.165) is 6.54 Å².